The number of aldehydes is 1. The number of oxazole rings is 1. The van der Waals surface area contributed by atoms with Crippen molar-refractivity contribution in [2.45, 2.75) is 5.41 Å². The van der Waals surface area contributed by atoms with Crippen molar-refractivity contribution in [2.24, 2.45) is 7.05 Å². The van der Waals surface area contributed by atoms with E-state index in [1.165, 1.54) is 4.57 Å². The third-order valence-electron chi connectivity index (χ3n) is 3.31. The van der Waals surface area contributed by atoms with E-state index >= 15 is 0 Å². The van der Waals surface area contributed by atoms with Crippen LogP contribution in [0.4, 0.5) is 0 Å². The molecule has 1 aromatic carbocycles. The van der Waals surface area contributed by atoms with Crippen LogP contribution in [0.1, 0.15) is 5.56 Å². The molecule has 3 rings (SSSR count). The Balaban J connectivity index is 2.22. The van der Waals surface area contributed by atoms with Gasteiger partial charge in [0.1, 0.15) is 6.29 Å². The van der Waals surface area contributed by atoms with Gasteiger partial charge in [-0.25, -0.2) is 4.79 Å². The number of carbonyl (C=O) groups is 1. The van der Waals surface area contributed by atoms with Crippen molar-refractivity contribution < 1.29 is 13.9 Å². The van der Waals surface area contributed by atoms with Crippen molar-refractivity contribution in [1.29, 1.82) is 0 Å². The molecule has 0 spiro atoms. The van der Waals surface area contributed by atoms with Crippen LogP contribution in [-0.4, -0.2) is 24.1 Å². The van der Waals surface area contributed by atoms with Crippen LogP contribution in [0.3, 0.4) is 0 Å². The highest BCUT2D eigenvalue weighted by atomic mass is 16.5. The summed E-state index contributed by atoms with van der Waals surface area (Å²) in [4.78, 5) is 22.5. The summed E-state index contributed by atoms with van der Waals surface area (Å²) in [5.74, 6) is -0.401. The minimum atomic E-state index is -0.554. The van der Waals surface area contributed by atoms with Gasteiger partial charge in [0.2, 0.25) is 0 Å². The van der Waals surface area contributed by atoms with Gasteiger partial charge < -0.3 is 13.9 Å². The summed E-state index contributed by atoms with van der Waals surface area (Å²) in [6.45, 7) is 0.793. The molecular weight excluding hydrogens is 222 g/mol. The number of benzene rings is 1. The quantitative estimate of drug-likeness (QED) is 0.712. The molecular formula is C12H11NO4. The Morgan fingerprint density at radius 2 is 2.18 bits per heavy atom. The third-order valence-corrected chi connectivity index (χ3v) is 3.31. The molecule has 1 fully saturated rings. The number of ether oxygens (including phenoxy) is 1. The minimum absolute atomic E-state index is 0.397. The van der Waals surface area contributed by atoms with Gasteiger partial charge in [0.05, 0.1) is 24.1 Å². The first-order valence-corrected chi connectivity index (χ1v) is 5.30. The molecule has 0 bridgehead atoms. The fourth-order valence-corrected chi connectivity index (χ4v) is 2.06. The zero-order chi connectivity index (χ0) is 12.0. The molecule has 1 aliphatic heterocycles. The first-order chi connectivity index (χ1) is 8.16. The number of fused-ring (bicyclic) bond motifs is 1. The van der Waals surface area contributed by atoms with Gasteiger partial charge in [-0.2, -0.15) is 0 Å². The van der Waals surface area contributed by atoms with Gasteiger partial charge in [0.25, 0.3) is 0 Å². The van der Waals surface area contributed by atoms with Crippen molar-refractivity contribution in [2.75, 3.05) is 13.2 Å². The number of aromatic nitrogens is 1. The smallest absolute Gasteiger partial charge is 0.408 e. The molecule has 2 heterocycles. The summed E-state index contributed by atoms with van der Waals surface area (Å²) in [7, 11) is 1.64. The van der Waals surface area contributed by atoms with E-state index in [4.69, 9.17) is 9.15 Å². The first-order valence-electron chi connectivity index (χ1n) is 5.30. The van der Waals surface area contributed by atoms with Gasteiger partial charge in [-0.15, -0.1) is 0 Å². The lowest BCUT2D eigenvalue weighted by Crippen LogP contribution is -2.48. The van der Waals surface area contributed by atoms with Crippen LogP contribution in [0.15, 0.2) is 27.4 Å². The van der Waals surface area contributed by atoms with Gasteiger partial charge in [0, 0.05) is 7.05 Å². The van der Waals surface area contributed by atoms with Crippen molar-refractivity contribution in [3.05, 3.63) is 34.3 Å². The summed E-state index contributed by atoms with van der Waals surface area (Å²) in [6, 6.07) is 5.34. The molecule has 88 valence electrons. The monoisotopic (exact) mass is 233 g/mol. The van der Waals surface area contributed by atoms with E-state index in [0.29, 0.717) is 24.3 Å². The van der Waals surface area contributed by atoms with Gasteiger partial charge >= 0.3 is 5.76 Å². The number of hydrogen-bond acceptors (Lipinski definition) is 4. The van der Waals surface area contributed by atoms with Crippen molar-refractivity contribution in [1.82, 2.24) is 4.57 Å². The van der Waals surface area contributed by atoms with Crippen LogP contribution in [0, 0.1) is 0 Å². The van der Waals surface area contributed by atoms with Gasteiger partial charge in [-0.05, 0) is 17.7 Å². The molecule has 17 heavy (non-hydrogen) atoms. The van der Waals surface area contributed by atoms with E-state index in [0.717, 1.165) is 11.8 Å². The Hall–Kier alpha value is -1.88. The predicted octanol–water partition coefficient (Wildman–Crippen LogP) is 0.598. The number of carbonyl (C=O) groups excluding carboxylic acids is 1. The van der Waals surface area contributed by atoms with E-state index < -0.39 is 11.2 Å². The molecule has 5 heteroatoms. The van der Waals surface area contributed by atoms with E-state index in [2.05, 4.69) is 0 Å². The molecule has 1 saturated heterocycles. The van der Waals surface area contributed by atoms with Crippen LogP contribution in [0.2, 0.25) is 0 Å². The normalized spacial score (nSPS) is 17.9. The maximum absolute atomic E-state index is 11.4. The zero-order valence-corrected chi connectivity index (χ0v) is 9.30. The van der Waals surface area contributed by atoms with Crippen molar-refractivity contribution in [3.63, 3.8) is 0 Å². The molecule has 0 radical (unpaired) electrons. The highest BCUT2D eigenvalue weighted by Crippen LogP contribution is 2.31. The van der Waals surface area contributed by atoms with E-state index in [-0.39, 0.29) is 0 Å². The van der Waals surface area contributed by atoms with Crippen LogP contribution >= 0.6 is 0 Å². The van der Waals surface area contributed by atoms with Crippen LogP contribution in [0.5, 0.6) is 0 Å². The van der Waals surface area contributed by atoms with Gasteiger partial charge in [0.15, 0.2) is 5.58 Å². The maximum atomic E-state index is 11.4. The average molecular weight is 233 g/mol. The predicted molar refractivity (Wildman–Crippen MR) is 60.0 cm³/mol. The summed E-state index contributed by atoms with van der Waals surface area (Å²) < 4.78 is 11.6. The van der Waals surface area contributed by atoms with E-state index in [9.17, 15) is 9.59 Å². The number of rotatable bonds is 2. The number of nitrogens with zero attached hydrogens (tertiary/aromatic N) is 1. The molecule has 0 aliphatic carbocycles. The van der Waals surface area contributed by atoms with Gasteiger partial charge in [-0.1, -0.05) is 6.07 Å². The molecule has 0 N–H and O–H groups in total. The Labute approximate surface area is 96.6 Å². The fourth-order valence-electron chi connectivity index (χ4n) is 2.06. The Morgan fingerprint density at radius 1 is 1.41 bits per heavy atom. The maximum Gasteiger partial charge on any atom is 0.419 e. The van der Waals surface area contributed by atoms with Crippen molar-refractivity contribution >= 4 is 17.4 Å². The Bertz CT molecular complexity index is 648. The number of aryl methyl sites for hydroxylation is 1. The standard InChI is InChI=1S/C12H11NO4/c1-13-9-4-8(12(5-14)6-16-7-12)2-3-10(9)17-11(13)15/h2-5H,6-7H2,1H3. The lowest BCUT2D eigenvalue weighted by atomic mass is 9.80. The summed E-state index contributed by atoms with van der Waals surface area (Å²) in [6.07, 6.45) is 0.913. The summed E-state index contributed by atoms with van der Waals surface area (Å²) >= 11 is 0. The summed E-state index contributed by atoms with van der Waals surface area (Å²) in [5, 5.41) is 0. The van der Waals surface area contributed by atoms with Crippen LogP contribution < -0.4 is 5.76 Å². The van der Waals surface area contributed by atoms with Crippen molar-refractivity contribution in [3.8, 4) is 0 Å². The van der Waals surface area contributed by atoms with Crippen LogP contribution in [0.25, 0.3) is 11.1 Å². The molecule has 5 nitrogen and oxygen atoms in total. The Morgan fingerprint density at radius 3 is 2.76 bits per heavy atom. The third kappa shape index (κ3) is 1.29. The Kier molecular flexibility index (Phi) is 2.00. The summed E-state index contributed by atoms with van der Waals surface area (Å²) in [5.41, 5.74) is 1.53. The van der Waals surface area contributed by atoms with E-state index in [1.54, 1.807) is 13.1 Å². The molecule has 0 saturated carbocycles. The number of hydrogen-bond donors (Lipinski definition) is 0. The lowest BCUT2D eigenvalue weighted by molar-refractivity contribution is -0.129. The average Bonchev–Trinajstić information content (AvgIpc) is 2.55. The lowest BCUT2D eigenvalue weighted by Gasteiger charge is -2.36. The topological polar surface area (TPSA) is 61.4 Å². The molecule has 0 atom stereocenters. The fraction of sp³-hybridized carbons (Fsp3) is 0.333. The largest absolute Gasteiger partial charge is 0.419 e. The first kappa shape index (κ1) is 10.3. The van der Waals surface area contributed by atoms with Crippen LogP contribution in [-0.2, 0) is 22.0 Å². The zero-order valence-electron chi connectivity index (χ0n) is 9.30. The molecule has 0 amide bonds. The molecule has 0 unspecified atom stereocenters. The highest BCUT2D eigenvalue weighted by molar-refractivity contribution is 5.78. The SMILES string of the molecule is Cn1c(=O)oc2ccc(C3(C=O)COC3)cc21. The molecule has 2 aromatic rings. The van der Waals surface area contributed by atoms with Gasteiger partial charge in [-0.3, -0.25) is 4.57 Å². The highest BCUT2D eigenvalue weighted by Gasteiger charge is 2.40. The second-order valence-corrected chi connectivity index (χ2v) is 4.38. The minimum Gasteiger partial charge on any atom is -0.408 e. The van der Waals surface area contributed by atoms with E-state index in [1.807, 2.05) is 12.1 Å². The molecule has 1 aromatic heterocycles. The molecule has 1 aliphatic rings. The second kappa shape index (κ2) is 3.30. The second-order valence-electron chi connectivity index (χ2n) is 4.38.